The molecule has 2 radical (unpaired) electrons. The van der Waals surface area contributed by atoms with E-state index < -0.39 is 5.60 Å². The van der Waals surface area contributed by atoms with E-state index in [1.54, 1.807) is 4.90 Å². The first-order valence-electron chi connectivity index (χ1n) is 7.85. The lowest BCUT2D eigenvalue weighted by Gasteiger charge is -2.32. The van der Waals surface area contributed by atoms with Crippen molar-refractivity contribution in [2.75, 3.05) is 13.1 Å². The highest BCUT2D eigenvalue weighted by Gasteiger charge is 2.25. The monoisotopic (exact) mass is 297 g/mol. The molecule has 0 N–H and O–H groups in total. The minimum absolute atomic E-state index is 0.203. The number of benzene rings is 1. The van der Waals surface area contributed by atoms with Gasteiger partial charge in [-0.1, -0.05) is 41.9 Å². The number of piperidine rings is 1. The highest BCUT2D eigenvalue weighted by Crippen LogP contribution is 2.21. The Morgan fingerprint density at radius 2 is 2.00 bits per heavy atom. The molecule has 1 saturated heterocycles. The Hall–Kier alpha value is -1.71. The van der Waals surface area contributed by atoms with Crippen molar-refractivity contribution in [1.29, 1.82) is 0 Å². The minimum atomic E-state index is -0.429. The zero-order valence-corrected chi connectivity index (χ0v) is 13.7. The number of hydrogen-bond donors (Lipinski definition) is 0. The summed E-state index contributed by atoms with van der Waals surface area (Å²) in [6.45, 7) is 7.19. The molecule has 2 rings (SSSR count). The van der Waals surface area contributed by atoms with E-state index in [1.165, 1.54) is 0 Å². The maximum Gasteiger partial charge on any atom is 0.410 e. The number of allylic oxidation sites excluding steroid dienone is 1. The molecule has 1 fully saturated rings. The van der Waals surface area contributed by atoms with Gasteiger partial charge in [-0.05, 0) is 45.1 Å². The number of rotatable bonds is 2. The number of ether oxygens (including phenoxy) is 1. The van der Waals surface area contributed by atoms with Gasteiger partial charge >= 0.3 is 6.09 Å². The normalized spacial score (nSPS) is 17.0. The summed E-state index contributed by atoms with van der Waals surface area (Å²) in [5, 5.41) is 0. The van der Waals surface area contributed by atoms with Crippen LogP contribution in [0.3, 0.4) is 0 Å². The minimum Gasteiger partial charge on any atom is -0.444 e. The van der Waals surface area contributed by atoms with Crippen molar-refractivity contribution in [2.24, 2.45) is 5.92 Å². The number of hydrogen-bond acceptors (Lipinski definition) is 2. The lowest BCUT2D eigenvalue weighted by Crippen LogP contribution is -2.41. The van der Waals surface area contributed by atoms with Crippen LogP contribution in [0, 0.1) is 5.92 Å². The molecule has 22 heavy (non-hydrogen) atoms. The van der Waals surface area contributed by atoms with Crippen LogP contribution < -0.4 is 5.46 Å². The van der Waals surface area contributed by atoms with Gasteiger partial charge in [-0.25, -0.2) is 4.79 Å². The Morgan fingerprint density at radius 3 is 2.59 bits per heavy atom. The maximum atomic E-state index is 12.0. The summed E-state index contributed by atoms with van der Waals surface area (Å²) in [4.78, 5) is 13.8. The van der Waals surface area contributed by atoms with Gasteiger partial charge in [0.2, 0.25) is 0 Å². The van der Waals surface area contributed by atoms with Crippen LogP contribution in [0.1, 0.15) is 39.2 Å². The molecule has 0 aliphatic carbocycles. The maximum absolute atomic E-state index is 12.0. The average Bonchev–Trinajstić information content (AvgIpc) is 2.44. The van der Waals surface area contributed by atoms with E-state index in [0.717, 1.165) is 37.0 Å². The third kappa shape index (κ3) is 5.25. The Bertz CT molecular complexity index is 540. The van der Waals surface area contributed by atoms with Gasteiger partial charge in [-0.3, -0.25) is 0 Å². The summed E-state index contributed by atoms with van der Waals surface area (Å²) in [7, 11) is 5.78. The fraction of sp³-hybridized carbons (Fsp3) is 0.500. The smallest absolute Gasteiger partial charge is 0.410 e. The number of nitrogens with zero attached hydrogens (tertiary/aromatic N) is 1. The summed E-state index contributed by atoms with van der Waals surface area (Å²) in [5.41, 5.74) is 1.47. The van der Waals surface area contributed by atoms with Crippen LogP contribution in [0.25, 0.3) is 6.08 Å². The highest BCUT2D eigenvalue weighted by atomic mass is 16.6. The van der Waals surface area contributed by atoms with Crippen molar-refractivity contribution in [1.82, 2.24) is 4.90 Å². The SMILES string of the molecule is [B]c1cccc(/C=C/C2CCN(C(=O)OC(C)(C)C)CC2)c1. The Labute approximate surface area is 134 Å². The van der Waals surface area contributed by atoms with Gasteiger partial charge in [0.25, 0.3) is 0 Å². The van der Waals surface area contributed by atoms with Crippen LogP contribution in [-0.2, 0) is 4.74 Å². The first-order valence-corrected chi connectivity index (χ1v) is 7.85. The van der Waals surface area contributed by atoms with Crippen LogP contribution in [-0.4, -0.2) is 37.5 Å². The van der Waals surface area contributed by atoms with E-state index in [2.05, 4.69) is 12.2 Å². The lowest BCUT2D eigenvalue weighted by molar-refractivity contribution is 0.0197. The van der Waals surface area contributed by atoms with Crippen LogP contribution in [0.5, 0.6) is 0 Å². The van der Waals surface area contributed by atoms with Crippen molar-refractivity contribution in [3.05, 3.63) is 35.9 Å². The van der Waals surface area contributed by atoms with Gasteiger partial charge < -0.3 is 9.64 Å². The van der Waals surface area contributed by atoms with E-state index in [-0.39, 0.29) is 6.09 Å². The standard InChI is InChI=1S/C18H24BNO2/c1-18(2,3)22-17(21)20-11-9-14(10-12-20)7-8-15-5-4-6-16(19)13-15/h4-8,13-14H,9-12H2,1-3H3/b8-7+. The fourth-order valence-corrected chi connectivity index (χ4v) is 2.51. The molecule has 0 bridgehead atoms. The molecular formula is C18H24BNO2. The molecule has 116 valence electrons. The molecule has 3 nitrogen and oxygen atoms in total. The molecule has 0 aromatic heterocycles. The van der Waals surface area contributed by atoms with E-state index in [1.807, 2.05) is 45.0 Å². The molecule has 0 atom stereocenters. The van der Waals surface area contributed by atoms with Gasteiger partial charge in [0.15, 0.2) is 0 Å². The third-order valence-electron chi connectivity index (χ3n) is 3.66. The largest absolute Gasteiger partial charge is 0.444 e. The number of carbonyl (C=O) groups excluding carboxylic acids is 1. The quantitative estimate of drug-likeness (QED) is 0.785. The topological polar surface area (TPSA) is 29.5 Å². The van der Waals surface area contributed by atoms with E-state index in [9.17, 15) is 4.79 Å². The second kappa shape index (κ2) is 7.04. The molecular weight excluding hydrogens is 273 g/mol. The predicted octanol–water partition coefficient (Wildman–Crippen LogP) is 3.14. The summed E-state index contributed by atoms with van der Waals surface area (Å²) in [6, 6.07) is 7.85. The van der Waals surface area contributed by atoms with Crippen LogP contribution >= 0.6 is 0 Å². The predicted molar refractivity (Wildman–Crippen MR) is 91.4 cm³/mol. The first-order chi connectivity index (χ1) is 10.3. The van der Waals surface area contributed by atoms with Gasteiger partial charge in [0, 0.05) is 13.1 Å². The molecule has 1 aromatic carbocycles. The molecule has 1 amide bonds. The molecule has 0 unspecified atom stereocenters. The van der Waals surface area contributed by atoms with Crippen molar-refractivity contribution in [3.8, 4) is 0 Å². The second-order valence-corrected chi connectivity index (χ2v) is 6.83. The summed E-state index contributed by atoms with van der Waals surface area (Å²) in [5.74, 6) is 0.500. The van der Waals surface area contributed by atoms with Crippen LogP contribution in [0.4, 0.5) is 4.79 Å². The van der Waals surface area contributed by atoms with E-state index in [4.69, 9.17) is 12.6 Å². The van der Waals surface area contributed by atoms with Gasteiger partial charge in [-0.2, -0.15) is 0 Å². The van der Waals surface area contributed by atoms with Crippen molar-refractivity contribution >= 4 is 25.5 Å². The summed E-state index contributed by atoms with van der Waals surface area (Å²) in [6.07, 6.45) is 6.08. The van der Waals surface area contributed by atoms with Crippen molar-refractivity contribution < 1.29 is 9.53 Å². The molecule has 1 heterocycles. The van der Waals surface area contributed by atoms with Crippen molar-refractivity contribution in [3.63, 3.8) is 0 Å². The van der Waals surface area contributed by atoms with Gasteiger partial charge in [-0.15, -0.1) is 0 Å². The summed E-state index contributed by atoms with van der Waals surface area (Å²) >= 11 is 0. The number of amides is 1. The Balaban J connectivity index is 1.83. The highest BCUT2D eigenvalue weighted by molar-refractivity contribution is 6.32. The summed E-state index contributed by atoms with van der Waals surface area (Å²) < 4.78 is 5.41. The molecule has 1 aliphatic heterocycles. The zero-order valence-electron chi connectivity index (χ0n) is 13.7. The first kappa shape index (κ1) is 16.7. The molecule has 1 aromatic rings. The van der Waals surface area contributed by atoms with Crippen molar-refractivity contribution in [2.45, 2.75) is 39.2 Å². The Morgan fingerprint density at radius 1 is 1.32 bits per heavy atom. The number of likely N-dealkylation sites (tertiary alicyclic amines) is 1. The number of carbonyl (C=O) groups is 1. The Kier molecular flexibility index (Phi) is 5.33. The molecule has 0 saturated carbocycles. The van der Waals surface area contributed by atoms with E-state index in [0.29, 0.717) is 5.92 Å². The second-order valence-electron chi connectivity index (χ2n) is 6.83. The molecule has 4 heteroatoms. The van der Waals surface area contributed by atoms with Crippen LogP contribution in [0.15, 0.2) is 30.3 Å². The van der Waals surface area contributed by atoms with Crippen LogP contribution in [0.2, 0.25) is 0 Å². The zero-order chi connectivity index (χ0) is 16.2. The van der Waals surface area contributed by atoms with Gasteiger partial charge in [0.05, 0.1) is 0 Å². The molecule has 1 aliphatic rings. The van der Waals surface area contributed by atoms with E-state index >= 15 is 0 Å². The van der Waals surface area contributed by atoms with Gasteiger partial charge in [0.1, 0.15) is 13.4 Å². The fourth-order valence-electron chi connectivity index (χ4n) is 2.51. The third-order valence-corrected chi connectivity index (χ3v) is 3.66. The lowest BCUT2D eigenvalue weighted by atomic mass is 9.93. The molecule has 0 spiro atoms. The average molecular weight is 297 g/mol.